The molecule has 194 valence electrons. The molecule has 0 saturated carbocycles. The van der Waals surface area contributed by atoms with E-state index in [2.05, 4.69) is 18.1 Å². The molecular weight excluding hydrogens is 512 g/mol. The Balaban J connectivity index is 4.26. The van der Waals surface area contributed by atoms with E-state index in [9.17, 15) is 37.8 Å². The van der Waals surface area contributed by atoms with Crippen LogP contribution in [0.4, 0.5) is 0 Å². The molecule has 0 heterocycles. The van der Waals surface area contributed by atoms with Crippen LogP contribution in [0.5, 0.6) is 0 Å². The minimum Gasteiger partial charge on any atom is -0.312 e. The Hall–Kier alpha value is 0.520. The van der Waals surface area contributed by atoms with Gasteiger partial charge in [0.2, 0.25) is 0 Å². The summed E-state index contributed by atoms with van der Waals surface area (Å²) < 4.78 is 66.3. The van der Waals surface area contributed by atoms with Gasteiger partial charge in [-0.1, -0.05) is 38.5 Å². The van der Waals surface area contributed by atoms with Crippen molar-refractivity contribution in [2.75, 3.05) is 41.5 Å². The molecule has 0 radical (unpaired) electrons. The second kappa shape index (κ2) is 14.8. The maximum Gasteiger partial charge on any atom is 0.414 e. The van der Waals surface area contributed by atoms with Crippen LogP contribution in [0, 0.1) is 0 Å². The van der Waals surface area contributed by atoms with Crippen LogP contribution in [0.2, 0.25) is 0 Å². The average molecular weight is 548 g/mol. The Bertz CT molecular complexity index is 631. The van der Waals surface area contributed by atoms with Crippen molar-refractivity contribution in [3.05, 3.63) is 0 Å². The number of hydrogen-bond acceptors (Lipinski definition) is 8. The van der Waals surface area contributed by atoms with Gasteiger partial charge in [0.05, 0.1) is 0 Å². The number of rotatable bonds is 19. The van der Waals surface area contributed by atoms with E-state index in [4.69, 9.17) is 0 Å². The van der Waals surface area contributed by atoms with Crippen molar-refractivity contribution in [2.24, 2.45) is 0 Å². The maximum atomic E-state index is 11.9. The van der Waals surface area contributed by atoms with E-state index < -0.39 is 31.0 Å². The van der Waals surface area contributed by atoms with Crippen LogP contribution in [0.3, 0.4) is 0 Å². The highest BCUT2D eigenvalue weighted by Gasteiger charge is 2.43. The first-order chi connectivity index (χ1) is 14.7. The Morgan fingerprint density at radius 3 is 0.844 bits per heavy atom. The summed E-state index contributed by atoms with van der Waals surface area (Å²) in [5.74, 6) is 0. The average Bonchev–Trinajstić information content (AvgIpc) is 2.73. The summed E-state index contributed by atoms with van der Waals surface area (Å²) in [5.41, 5.74) is 0. The van der Waals surface area contributed by atoms with Gasteiger partial charge < -0.3 is 19.6 Å². The molecule has 0 aromatic heterocycles. The first kappa shape index (κ1) is 32.5. The molecule has 0 aliphatic rings. The number of hydrogen-bond donors (Lipinski definition) is 4. The van der Waals surface area contributed by atoms with Gasteiger partial charge >= 0.3 is 31.0 Å². The Morgan fingerprint density at radius 2 is 0.656 bits per heavy atom. The van der Waals surface area contributed by atoms with Gasteiger partial charge in [0.25, 0.3) is 0 Å². The highest BCUT2D eigenvalue weighted by atomic mass is 31.3. The molecule has 32 heavy (non-hydrogen) atoms. The van der Waals surface area contributed by atoms with Gasteiger partial charge in [0.15, 0.2) is 0 Å². The van der Waals surface area contributed by atoms with Gasteiger partial charge in [0.1, 0.15) is 0 Å². The normalized spacial score (nSPS) is 19.9. The summed E-state index contributed by atoms with van der Waals surface area (Å²) in [5, 5.41) is 0. The molecule has 0 aliphatic heterocycles. The first-order valence-corrected chi connectivity index (χ1v) is 15.9. The molecule has 0 aliphatic carbocycles. The van der Waals surface area contributed by atoms with Gasteiger partial charge in [-0.2, -0.15) is 0 Å². The zero-order valence-electron chi connectivity index (χ0n) is 18.8. The van der Waals surface area contributed by atoms with Crippen molar-refractivity contribution in [3.8, 4) is 0 Å². The minimum absolute atomic E-state index is 0.152. The van der Waals surface area contributed by atoms with Crippen LogP contribution in [-0.4, -0.2) is 70.0 Å². The lowest BCUT2D eigenvalue weighted by molar-refractivity contribution is 0.223. The van der Waals surface area contributed by atoms with Crippen molar-refractivity contribution in [1.29, 1.82) is 0 Å². The van der Waals surface area contributed by atoms with Gasteiger partial charge in [-0.25, -0.2) is 18.3 Å². The summed E-state index contributed by atoms with van der Waals surface area (Å²) in [4.78, 5) is 38.8. The molecule has 0 aromatic rings. The topological polar surface area (TPSA) is 193 Å². The van der Waals surface area contributed by atoms with E-state index in [0.717, 1.165) is 54.1 Å². The largest absolute Gasteiger partial charge is 0.414 e. The third-order valence-corrected chi connectivity index (χ3v) is 12.3. The van der Waals surface area contributed by atoms with Crippen LogP contribution in [0.15, 0.2) is 0 Å². The maximum absolute atomic E-state index is 11.9. The third-order valence-electron chi connectivity index (χ3n) is 4.58. The van der Waals surface area contributed by atoms with E-state index in [1.807, 2.05) is 0 Å². The highest BCUT2D eigenvalue weighted by Crippen LogP contribution is 2.63. The summed E-state index contributed by atoms with van der Waals surface area (Å²) in [6, 6.07) is 0. The van der Waals surface area contributed by atoms with Crippen molar-refractivity contribution < 1.29 is 55.9 Å². The number of nitrogens with zero attached hydrogens (tertiary/aromatic N) is 2. The zero-order chi connectivity index (χ0) is 25.1. The predicted molar refractivity (Wildman–Crippen MR) is 118 cm³/mol. The van der Waals surface area contributed by atoms with Gasteiger partial charge in [-0.3, -0.25) is 18.1 Å². The van der Waals surface area contributed by atoms with Crippen molar-refractivity contribution in [2.45, 2.75) is 51.4 Å². The van der Waals surface area contributed by atoms with Crippen molar-refractivity contribution in [3.63, 3.8) is 0 Å². The molecule has 18 heteroatoms. The van der Waals surface area contributed by atoms with Gasteiger partial charge in [-0.15, -0.1) is 8.88 Å². The minimum atomic E-state index is -4.43. The number of unbranched alkanes of at least 4 members (excludes halogenated alkanes) is 7. The lowest BCUT2D eigenvalue weighted by Gasteiger charge is -2.27. The molecule has 0 spiro atoms. The first-order valence-electron chi connectivity index (χ1n) is 9.83. The second-order valence-corrected chi connectivity index (χ2v) is 14.7. The predicted octanol–water partition coefficient (Wildman–Crippen LogP) is 3.70. The standard InChI is InChI=1S/C14H36N2O12P4/c1-25-29(17,18)15(30(19,20)26-2)13-11-9-7-5-6-8-10-12-14-16(31(21,22)27-3)32(23,24)28-4/h5-14H2,1-4H3,(H,17,18)(H,19,20)(H,21,22)(H,23,24). The van der Waals surface area contributed by atoms with Crippen LogP contribution in [-0.2, 0) is 36.4 Å². The summed E-state index contributed by atoms with van der Waals surface area (Å²) >= 11 is 0. The fourth-order valence-corrected chi connectivity index (χ4v) is 8.23. The molecule has 4 N–H and O–H groups in total. The highest BCUT2D eigenvalue weighted by molar-refractivity contribution is 7.66. The van der Waals surface area contributed by atoms with Crippen LogP contribution < -0.4 is 0 Å². The van der Waals surface area contributed by atoms with E-state index in [0.29, 0.717) is 34.6 Å². The van der Waals surface area contributed by atoms with Crippen LogP contribution in [0.1, 0.15) is 51.4 Å². The van der Waals surface area contributed by atoms with E-state index in [1.165, 1.54) is 0 Å². The van der Waals surface area contributed by atoms with Gasteiger partial charge in [-0.05, 0) is 12.8 Å². The molecule has 4 atom stereocenters. The van der Waals surface area contributed by atoms with Crippen molar-refractivity contribution >= 4 is 31.0 Å². The lowest BCUT2D eigenvalue weighted by Crippen LogP contribution is -2.20. The molecule has 14 nitrogen and oxygen atoms in total. The van der Waals surface area contributed by atoms with E-state index in [1.54, 1.807) is 0 Å². The summed E-state index contributed by atoms with van der Waals surface area (Å²) in [7, 11) is -13.9. The molecule has 0 amide bonds. The molecule has 0 fully saturated rings. The van der Waals surface area contributed by atoms with Crippen molar-refractivity contribution in [1.82, 2.24) is 8.88 Å². The molecule has 0 aromatic carbocycles. The molecule has 0 rings (SSSR count). The smallest absolute Gasteiger partial charge is 0.312 e. The van der Waals surface area contributed by atoms with Crippen LogP contribution >= 0.6 is 31.0 Å². The Labute approximate surface area is 189 Å². The second-order valence-electron chi connectivity index (χ2n) is 6.71. The summed E-state index contributed by atoms with van der Waals surface area (Å²) in [6.07, 6.45) is 5.25. The van der Waals surface area contributed by atoms with Gasteiger partial charge in [0, 0.05) is 41.5 Å². The summed E-state index contributed by atoms with van der Waals surface area (Å²) in [6.45, 7) is -0.305. The third kappa shape index (κ3) is 10.8. The lowest BCUT2D eigenvalue weighted by atomic mass is 10.1. The van der Waals surface area contributed by atoms with Crippen LogP contribution in [0.25, 0.3) is 0 Å². The van der Waals surface area contributed by atoms with E-state index in [-0.39, 0.29) is 13.1 Å². The molecule has 0 saturated heterocycles. The fraction of sp³-hybridized carbons (Fsp3) is 1.00. The SMILES string of the molecule is COP(=O)(O)N(CCCCCCCCCCN(P(=O)(O)OC)P(=O)(O)OC)P(=O)(O)OC. The Morgan fingerprint density at radius 1 is 0.469 bits per heavy atom. The molecule has 4 unspecified atom stereocenters. The quantitative estimate of drug-likeness (QED) is 0.135. The fourth-order valence-electron chi connectivity index (χ4n) is 2.74. The molecular formula is C14H36N2O12P4. The van der Waals surface area contributed by atoms with E-state index >= 15 is 0 Å². The Kier molecular flexibility index (Phi) is 15.1. The molecule has 0 bridgehead atoms. The zero-order valence-corrected chi connectivity index (χ0v) is 22.4. The monoisotopic (exact) mass is 548 g/mol.